The lowest BCUT2D eigenvalue weighted by molar-refractivity contribution is -0.119. The summed E-state index contributed by atoms with van der Waals surface area (Å²) < 4.78 is 23.5. The van der Waals surface area contributed by atoms with E-state index in [-0.39, 0.29) is 11.5 Å². The molecule has 0 bridgehead atoms. The van der Waals surface area contributed by atoms with Gasteiger partial charge < -0.3 is 0 Å². The van der Waals surface area contributed by atoms with Crippen LogP contribution in [-0.2, 0) is 14.6 Å². The number of hydrogen-bond acceptors (Lipinski definition) is 3. The van der Waals surface area contributed by atoms with Gasteiger partial charge in [-0.3, -0.25) is 4.79 Å². The van der Waals surface area contributed by atoms with Crippen LogP contribution < -0.4 is 0 Å². The lowest BCUT2D eigenvalue weighted by atomic mass is 9.94. The van der Waals surface area contributed by atoms with E-state index in [2.05, 4.69) is 13.8 Å². The normalized spacial score (nSPS) is 24.6. The van der Waals surface area contributed by atoms with E-state index in [1.807, 2.05) is 0 Å². The lowest BCUT2D eigenvalue weighted by Gasteiger charge is -2.22. The summed E-state index contributed by atoms with van der Waals surface area (Å²) in [6, 6.07) is 0. The van der Waals surface area contributed by atoms with E-state index in [1.165, 1.54) is 0 Å². The van der Waals surface area contributed by atoms with E-state index in [0.29, 0.717) is 18.8 Å². The van der Waals surface area contributed by atoms with Crippen LogP contribution in [0.25, 0.3) is 0 Å². The monoisotopic (exact) mass is 246 g/mol. The van der Waals surface area contributed by atoms with E-state index in [1.54, 1.807) is 0 Å². The predicted molar refractivity (Wildman–Crippen MR) is 65.1 cm³/mol. The first kappa shape index (κ1) is 13.7. The molecule has 4 heteroatoms. The first-order chi connectivity index (χ1) is 7.51. The van der Waals surface area contributed by atoms with Crippen molar-refractivity contribution in [2.24, 2.45) is 5.92 Å². The molecule has 0 saturated carbocycles. The number of hydrogen-bond donors (Lipinski definition) is 0. The molecule has 0 aromatic heterocycles. The zero-order chi connectivity index (χ0) is 12.2. The largest absolute Gasteiger partial charge is 0.298 e. The average molecular weight is 246 g/mol. The minimum atomic E-state index is -3.13. The fourth-order valence-corrected chi connectivity index (χ4v) is 4.22. The Morgan fingerprint density at radius 3 is 2.38 bits per heavy atom. The van der Waals surface area contributed by atoms with Crippen molar-refractivity contribution in [3.05, 3.63) is 0 Å². The van der Waals surface area contributed by atoms with Gasteiger partial charge in [-0.15, -0.1) is 0 Å². The van der Waals surface area contributed by atoms with Gasteiger partial charge in [-0.1, -0.05) is 33.1 Å². The first-order valence-electron chi connectivity index (χ1n) is 6.25. The minimum Gasteiger partial charge on any atom is -0.298 e. The summed E-state index contributed by atoms with van der Waals surface area (Å²) in [5, 5.41) is -0.693. The standard InChI is InChI=1S/C12H22O3S/c1-3-10(4-2)9-11(13)12-7-5-6-8-16(12,14)15/h10,12H,3-9H2,1-2H3. The Balaban J connectivity index is 2.65. The lowest BCUT2D eigenvalue weighted by Crippen LogP contribution is -2.36. The molecule has 0 N–H and O–H groups in total. The third-order valence-electron chi connectivity index (χ3n) is 3.58. The van der Waals surface area contributed by atoms with Crippen molar-refractivity contribution in [1.29, 1.82) is 0 Å². The van der Waals surface area contributed by atoms with Gasteiger partial charge in [-0.2, -0.15) is 0 Å². The number of carbonyl (C=O) groups is 1. The van der Waals surface area contributed by atoms with Crippen molar-refractivity contribution in [1.82, 2.24) is 0 Å². The van der Waals surface area contributed by atoms with Gasteiger partial charge in [-0.05, 0) is 18.8 Å². The van der Waals surface area contributed by atoms with Crippen LogP contribution in [0.5, 0.6) is 0 Å². The molecule has 1 saturated heterocycles. The summed E-state index contributed by atoms with van der Waals surface area (Å²) in [6.07, 6.45) is 4.48. The van der Waals surface area contributed by atoms with Crippen LogP contribution in [0.2, 0.25) is 0 Å². The molecule has 1 aliphatic rings. The molecule has 0 aromatic rings. The zero-order valence-electron chi connectivity index (χ0n) is 10.2. The zero-order valence-corrected chi connectivity index (χ0v) is 11.1. The van der Waals surface area contributed by atoms with Crippen LogP contribution in [0.3, 0.4) is 0 Å². The SMILES string of the molecule is CCC(CC)CC(=O)C1CCCCS1(=O)=O. The Labute approximate surface area is 98.5 Å². The molecule has 0 aromatic carbocycles. The molecule has 3 nitrogen and oxygen atoms in total. The molecule has 16 heavy (non-hydrogen) atoms. The maximum atomic E-state index is 12.0. The smallest absolute Gasteiger partial charge is 0.160 e. The fraction of sp³-hybridized carbons (Fsp3) is 0.917. The van der Waals surface area contributed by atoms with Crippen LogP contribution in [0.1, 0.15) is 52.4 Å². The highest BCUT2D eigenvalue weighted by molar-refractivity contribution is 7.92. The van der Waals surface area contributed by atoms with Crippen LogP contribution >= 0.6 is 0 Å². The number of Topliss-reactive ketones (excluding diaryl/α,β-unsaturated/α-hetero) is 1. The molecule has 1 atom stereocenters. The van der Waals surface area contributed by atoms with Gasteiger partial charge in [0.2, 0.25) is 0 Å². The molecule has 0 spiro atoms. The maximum Gasteiger partial charge on any atom is 0.160 e. The van der Waals surface area contributed by atoms with Crippen LogP contribution in [-0.4, -0.2) is 25.2 Å². The number of ketones is 1. The van der Waals surface area contributed by atoms with Crippen molar-refractivity contribution < 1.29 is 13.2 Å². The molecule has 0 amide bonds. The van der Waals surface area contributed by atoms with Crippen molar-refractivity contribution in [3.8, 4) is 0 Å². The molecular formula is C12H22O3S. The van der Waals surface area contributed by atoms with Crippen LogP contribution in [0.15, 0.2) is 0 Å². The topological polar surface area (TPSA) is 51.2 Å². The van der Waals surface area contributed by atoms with E-state index in [0.717, 1.165) is 25.7 Å². The summed E-state index contributed by atoms with van der Waals surface area (Å²) in [4.78, 5) is 12.0. The van der Waals surface area contributed by atoms with Gasteiger partial charge in [0.1, 0.15) is 5.25 Å². The molecule has 0 aliphatic carbocycles. The second kappa shape index (κ2) is 5.80. The molecule has 0 radical (unpaired) electrons. The number of sulfone groups is 1. The van der Waals surface area contributed by atoms with Crippen molar-refractivity contribution >= 4 is 15.6 Å². The molecule has 1 aliphatic heterocycles. The number of carbonyl (C=O) groups excluding carboxylic acids is 1. The summed E-state index contributed by atoms with van der Waals surface area (Å²) in [5.74, 6) is 0.504. The second-order valence-electron chi connectivity index (χ2n) is 4.70. The van der Waals surface area contributed by atoms with Gasteiger partial charge >= 0.3 is 0 Å². The van der Waals surface area contributed by atoms with Gasteiger partial charge in [-0.25, -0.2) is 8.42 Å². The summed E-state index contributed by atoms with van der Waals surface area (Å²) >= 11 is 0. The summed E-state index contributed by atoms with van der Waals surface area (Å²) in [6.45, 7) is 4.10. The Morgan fingerprint density at radius 1 is 1.25 bits per heavy atom. The molecule has 94 valence electrons. The Hall–Kier alpha value is -0.380. The number of rotatable bonds is 5. The second-order valence-corrected chi connectivity index (χ2v) is 7.01. The van der Waals surface area contributed by atoms with E-state index >= 15 is 0 Å². The molecule has 1 rings (SSSR count). The van der Waals surface area contributed by atoms with Gasteiger partial charge in [0.15, 0.2) is 15.6 Å². The predicted octanol–water partition coefficient (Wildman–Crippen LogP) is 2.35. The average Bonchev–Trinajstić information content (AvgIpc) is 2.24. The van der Waals surface area contributed by atoms with Crippen LogP contribution in [0.4, 0.5) is 0 Å². The van der Waals surface area contributed by atoms with Gasteiger partial charge in [0.25, 0.3) is 0 Å². The van der Waals surface area contributed by atoms with E-state index in [9.17, 15) is 13.2 Å². The fourth-order valence-electron chi connectivity index (χ4n) is 2.31. The van der Waals surface area contributed by atoms with Gasteiger partial charge in [0.05, 0.1) is 5.75 Å². The van der Waals surface area contributed by atoms with Gasteiger partial charge in [0, 0.05) is 6.42 Å². The Kier molecular flexibility index (Phi) is 4.96. The highest BCUT2D eigenvalue weighted by Gasteiger charge is 2.34. The third kappa shape index (κ3) is 3.30. The van der Waals surface area contributed by atoms with Crippen LogP contribution in [0, 0.1) is 5.92 Å². The minimum absolute atomic E-state index is 0.0478. The van der Waals surface area contributed by atoms with E-state index in [4.69, 9.17) is 0 Å². The van der Waals surface area contributed by atoms with Crippen molar-refractivity contribution in [2.75, 3.05) is 5.75 Å². The highest BCUT2D eigenvalue weighted by atomic mass is 32.2. The van der Waals surface area contributed by atoms with Crippen molar-refractivity contribution in [3.63, 3.8) is 0 Å². The quantitative estimate of drug-likeness (QED) is 0.748. The molecular weight excluding hydrogens is 224 g/mol. The highest BCUT2D eigenvalue weighted by Crippen LogP contribution is 2.24. The van der Waals surface area contributed by atoms with E-state index < -0.39 is 15.1 Å². The maximum absolute atomic E-state index is 12.0. The third-order valence-corrected chi connectivity index (χ3v) is 5.81. The Bertz CT molecular complexity index is 328. The molecule has 1 unspecified atom stereocenters. The molecule has 1 heterocycles. The first-order valence-corrected chi connectivity index (χ1v) is 7.97. The summed E-state index contributed by atoms with van der Waals surface area (Å²) in [7, 11) is -3.13. The van der Waals surface area contributed by atoms with Crippen molar-refractivity contribution in [2.45, 2.75) is 57.6 Å². The molecule has 1 fully saturated rings. The Morgan fingerprint density at radius 2 is 1.88 bits per heavy atom. The summed E-state index contributed by atoms with van der Waals surface area (Å²) in [5.41, 5.74) is 0.